The molecule has 4 heteroatoms. The normalized spacial score (nSPS) is 10.2. The minimum Gasteiger partial charge on any atom is -0.381 e. The molecule has 0 amide bonds. The third-order valence-corrected chi connectivity index (χ3v) is 2.05. The van der Waals surface area contributed by atoms with E-state index in [0.29, 0.717) is 26.1 Å². The number of aldehydes is 2. The molecule has 0 N–H and O–H groups in total. The van der Waals surface area contributed by atoms with E-state index < -0.39 is 0 Å². The van der Waals surface area contributed by atoms with Gasteiger partial charge in [-0.25, -0.2) is 0 Å². The van der Waals surface area contributed by atoms with Gasteiger partial charge in [-0.3, -0.25) is 0 Å². The number of carbonyl (C=O) groups excluding carboxylic acids is 2. The molecule has 0 aromatic rings. The van der Waals surface area contributed by atoms with Gasteiger partial charge in [0.1, 0.15) is 12.6 Å². The van der Waals surface area contributed by atoms with Crippen LogP contribution in [0.3, 0.4) is 0 Å². The van der Waals surface area contributed by atoms with Crippen LogP contribution in [0.2, 0.25) is 0 Å². The Balaban J connectivity index is 2.87. The molecule has 0 aromatic heterocycles. The van der Waals surface area contributed by atoms with Gasteiger partial charge in [-0.05, 0) is 25.7 Å². The zero-order chi connectivity index (χ0) is 11.9. The summed E-state index contributed by atoms with van der Waals surface area (Å²) in [6.07, 6.45) is 6.58. The molecule has 0 atom stereocenters. The third-order valence-electron chi connectivity index (χ3n) is 2.05. The SMILES string of the molecule is O=CCCCOCCCCOCCCC=O. The number of hydrogen-bond acceptors (Lipinski definition) is 4. The van der Waals surface area contributed by atoms with Gasteiger partial charge < -0.3 is 19.1 Å². The first kappa shape index (κ1) is 15.3. The lowest BCUT2D eigenvalue weighted by Crippen LogP contribution is -2.01. The van der Waals surface area contributed by atoms with E-state index in [9.17, 15) is 9.59 Å². The van der Waals surface area contributed by atoms with Gasteiger partial charge in [-0.1, -0.05) is 0 Å². The molecule has 94 valence electrons. The van der Waals surface area contributed by atoms with E-state index in [1.807, 2.05) is 0 Å². The van der Waals surface area contributed by atoms with Gasteiger partial charge in [-0.15, -0.1) is 0 Å². The van der Waals surface area contributed by atoms with Crippen LogP contribution in [0.25, 0.3) is 0 Å². The van der Waals surface area contributed by atoms with Crippen molar-refractivity contribution in [2.45, 2.75) is 38.5 Å². The van der Waals surface area contributed by atoms with E-state index >= 15 is 0 Å². The first-order valence-electron chi connectivity index (χ1n) is 5.94. The Morgan fingerprint density at radius 2 is 1.00 bits per heavy atom. The molecule has 0 unspecified atom stereocenters. The van der Waals surface area contributed by atoms with Crippen LogP contribution < -0.4 is 0 Å². The Morgan fingerprint density at radius 1 is 0.625 bits per heavy atom. The van der Waals surface area contributed by atoms with Crippen LogP contribution in [-0.4, -0.2) is 39.0 Å². The fraction of sp³-hybridized carbons (Fsp3) is 0.833. The van der Waals surface area contributed by atoms with Crippen LogP contribution in [0.5, 0.6) is 0 Å². The number of ether oxygens (including phenoxy) is 2. The van der Waals surface area contributed by atoms with Gasteiger partial charge in [0.2, 0.25) is 0 Å². The summed E-state index contributed by atoms with van der Waals surface area (Å²) in [6, 6.07) is 0. The maximum Gasteiger partial charge on any atom is 0.120 e. The molecule has 0 aliphatic carbocycles. The lowest BCUT2D eigenvalue weighted by Gasteiger charge is -2.04. The Hall–Kier alpha value is -0.740. The molecule has 0 radical (unpaired) electrons. The third kappa shape index (κ3) is 13.3. The molecule has 0 aromatic carbocycles. The predicted octanol–water partition coefficient (Wildman–Crippen LogP) is 1.76. The molecule has 0 fully saturated rings. The minimum absolute atomic E-state index is 0.583. The summed E-state index contributed by atoms with van der Waals surface area (Å²) < 4.78 is 10.6. The van der Waals surface area contributed by atoms with Crippen LogP contribution in [0.15, 0.2) is 0 Å². The summed E-state index contributed by atoms with van der Waals surface area (Å²) in [7, 11) is 0. The molecule has 16 heavy (non-hydrogen) atoms. The number of hydrogen-bond donors (Lipinski definition) is 0. The van der Waals surface area contributed by atoms with Gasteiger partial charge >= 0.3 is 0 Å². The van der Waals surface area contributed by atoms with E-state index in [-0.39, 0.29) is 0 Å². The van der Waals surface area contributed by atoms with Crippen LogP contribution in [0, 0.1) is 0 Å². The first-order valence-corrected chi connectivity index (χ1v) is 5.94. The van der Waals surface area contributed by atoms with Crippen molar-refractivity contribution in [2.75, 3.05) is 26.4 Å². The van der Waals surface area contributed by atoms with Crippen molar-refractivity contribution in [2.24, 2.45) is 0 Å². The molecule has 0 bridgehead atoms. The van der Waals surface area contributed by atoms with Crippen molar-refractivity contribution in [3.8, 4) is 0 Å². The van der Waals surface area contributed by atoms with E-state index in [2.05, 4.69) is 0 Å². The Bertz CT molecular complexity index is 141. The fourth-order valence-electron chi connectivity index (χ4n) is 1.15. The zero-order valence-electron chi connectivity index (χ0n) is 9.86. The van der Waals surface area contributed by atoms with Gasteiger partial charge in [0, 0.05) is 39.3 Å². The monoisotopic (exact) mass is 230 g/mol. The van der Waals surface area contributed by atoms with Crippen molar-refractivity contribution >= 4 is 12.6 Å². The lowest BCUT2D eigenvalue weighted by atomic mass is 10.3. The topological polar surface area (TPSA) is 52.6 Å². The summed E-state index contributed by atoms with van der Waals surface area (Å²) in [4.78, 5) is 20.0. The average Bonchev–Trinajstić information content (AvgIpc) is 2.31. The van der Waals surface area contributed by atoms with Crippen molar-refractivity contribution < 1.29 is 19.1 Å². The molecule has 0 aliphatic rings. The van der Waals surface area contributed by atoms with Gasteiger partial charge in [0.15, 0.2) is 0 Å². The molecule has 0 aliphatic heterocycles. The smallest absolute Gasteiger partial charge is 0.120 e. The van der Waals surface area contributed by atoms with E-state index in [1.54, 1.807) is 0 Å². The summed E-state index contributed by atoms with van der Waals surface area (Å²) in [6.45, 7) is 2.80. The number of unbranched alkanes of at least 4 members (excludes halogenated alkanes) is 3. The quantitative estimate of drug-likeness (QED) is 0.357. The number of rotatable bonds is 13. The molecule has 0 saturated heterocycles. The van der Waals surface area contributed by atoms with Crippen LogP contribution in [0.1, 0.15) is 38.5 Å². The molecule has 0 saturated carbocycles. The van der Waals surface area contributed by atoms with Crippen LogP contribution in [0.4, 0.5) is 0 Å². The molecule has 0 heterocycles. The highest BCUT2D eigenvalue weighted by Gasteiger charge is 1.92. The maximum absolute atomic E-state index is 9.99. The molecular weight excluding hydrogens is 208 g/mol. The Kier molecular flexibility index (Phi) is 13.6. The minimum atomic E-state index is 0.583. The second kappa shape index (κ2) is 14.3. The highest BCUT2D eigenvalue weighted by molar-refractivity contribution is 5.49. The Labute approximate surface area is 97.3 Å². The summed E-state index contributed by atoms with van der Waals surface area (Å²) in [5, 5.41) is 0. The predicted molar refractivity (Wildman–Crippen MR) is 61.5 cm³/mol. The van der Waals surface area contributed by atoms with Gasteiger partial charge in [-0.2, -0.15) is 0 Å². The van der Waals surface area contributed by atoms with E-state index in [1.165, 1.54) is 0 Å². The summed E-state index contributed by atoms with van der Waals surface area (Å²) in [5.41, 5.74) is 0. The second-order valence-corrected chi connectivity index (χ2v) is 3.55. The van der Waals surface area contributed by atoms with Crippen molar-refractivity contribution in [3.05, 3.63) is 0 Å². The molecule has 0 spiro atoms. The van der Waals surface area contributed by atoms with Gasteiger partial charge in [0.05, 0.1) is 0 Å². The first-order chi connectivity index (χ1) is 7.91. The maximum atomic E-state index is 9.99. The summed E-state index contributed by atoms with van der Waals surface area (Å²) in [5.74, 6) is 0. The largest absolute Gasteiger partial charge is 0.381 e. The standard InChI is InChI=1S/C12H22O4/c13-7-1-3-9-15-11-5-6-12-16-10-4-2-8-14/h7-8H,1-6,9-12H2. The second-order valence-electron chi connectivity index (χ2n) is 3.55. The summed E-state index contributed by atoms with van der Waals surface area (Å²) >= 11 is 0. The number of carbonyl (C=O) groups is 2. The molecule has 0 rings (SSSR count). The molecule has 4 nitrogen and oxygen atoms in total. The van der Waals surface area contributed by atoms with E-state index in [0.717, 1.165) is 51.5 Å². The zero-order valence-corrected chi connectivity index (χ0v) is 9.86. The van der Waals surface area contributed by atoms with E-state index in [4.69, 9.17) is 9.47 Å². The van der Waals surface area contributed by atoms with Crippen LogP contribution in [-0.2, 0) is 19.1 Å². The average molecular weight is 230 g/mol. The fourth-order valence-corrected chi connectivity index (χ4v) is 1.15. The van der Waals surface area contributed by atoms with Crippen molar-refractivity contribution in [1.29, 1.82) is 0 Å². The molecular formula is C12H22O4. The Morgan fingerprint density at radius 3 is 1.38 bits per heavy atom. The van der Waals surface area contributed by atoms with Crippen LogP contribution >= 0.6 is 0 Å². The van der Waals surface area contributed by atoms with Gasteiger partial charge in [0.25, 0.3) is 0 Å². The van der Waals surface area contributed by atoms with Crippen molar-refractivity contribution in [3.63, 3.8) is 0 Å². The van der Waals surface area contributed by atoms with Crippen molar-refractivity contribution in [1.82, 2.24) is 0 Å². The highest BCUT2D eigenvalue weighted by atomic mass is 16.5. The lowest BCUT2D eigenvalue weighted by molar-refractivity contribution is -0.108. The highest BCUT2D eigenvalue weighted by Crippen LogP contribution is 1.95.